The number of aliphatic hydroxyl groups is 16. The maximum Gasteiger partial charge on any atom is 0.264 e. The van der Waals surface area contributed by atoms with E-state index in [1.165, 1.54) is 0 Å². The van der Waals surface area contributed by atoms with Crippen LogP contribution in [-0.2, 0) is 157 Å². The number of ether oxygens (including phenoxy) is 16. The summed E-state index contributed by atoms with van der Waals surface area (Å²) in [5.74, 6) is -11.4. The molecule has 30 aliphatic heterocycles. The van der Waals surface area contributed by atoms with Gasteiger partial charge in [-0.2, -0.15) is 161 Å². The maximum atomic E-state index is 12.4. The van der Waals surface area contributed by atoms with Crippen molar-refractivity contribution in [2.45, 2.75) is 297 Å². The molecular weight excluding hydrogens is 2270 g/mol. The Labute approximate surface area is 864 Å². The first-order valence-electron chi connectivity index (χ1n) is 44.7. The Hall–Kier alpha value is 0.800. The molecule has 30 saturated heterocycles. The molecule has 0 aromatic heterocycles. The third-order valence-corrected chi connectivity index (χ3v) is 38.8. The molecular formula is C72H128O56S16. The summed E-state index contributed by atoms with van der Waals surface area (Å²) in [7, 11) is -36.8. The molecule has 30 rings (SSSR count). The molecule has 0 amide bonds. The van der Waals surface area contributed by atoms with E-state index in [1.807, 2.05) is 0 Å². The van der Waals surface area contributed by atoms with Crippen molar-refractivity contribution in [1.82, 2.24) is 0 Å². The second-order valence-corrected chi connectivity index (χ2v) is 56.5. The smallest absolute Gasteiger partial charge is 0.264 e. The van der Waals surface area contributed by atoms with Gasteiger partial charge in [-0.1, -0.05) is 0 Å². The molecule has 0 aromatic carbocycles. The van der Waals surface area contributed by atoms with Gasteiger partial charge >= 0.3 is 0 Å². The lowest BCUT2D eigenvalue weighted by Crippen LogP contribution is -2.69. The van der Waals surface area contributed by atoms with Crippen LogP contribution in [0.15, 0.2) is 0 Å². The van der Waals surface area contributed by atoms with Crippen LogP contribution in [0.4, 0.5) is 0 Å². The Balaban J connectivity index is 1.15. The Morgan fingerprint density at radius 3 is 0.319 bits per heavy atom. The first-order valence-corrected chi connectivity index (χ1v) is 66.8. The maximum absolute atomic E-state index is 12.4. The number of aliphatic hydroxyl groups excluding tert-OH is 16. The lowest BCUT2D eigenvalue weighted by molar-refractivity contribution is -0.396. The van der Waals surface area contributed by atoms with Gasteiger partial charge in [0.1, 0.15) is 146 Å². The summed E-state index contributed by atoms with van der Waals surface area (Å²) in [5.41, 5.74) is 0. The quantitative estimate of drug-likeness (QED) is 0.0199. The van der Waals surface area contributed by atoms with Gasteiger partial charge in [0.15, 0.2) is 50.3 Å². The van der Waals surface area contributed by atoms with Crippen LogP contribution in [-0.4, -0.2) is 569 Å². The van der Waals surface area contributed by atoms with Crippen LogP contribution >= 0.6 is 94.1 Å². The van der Waals surface area contributed by atoms with Crippen LogP contribution < -0.4 is 0 Å². The first kappa shape index (κ1) is 128. The van der Waals surface area contributed by atoms with E-state index in [1.54, 1.807) is 0 Å². The van der Waals surface area contributed by atoms with Crippen molar-refractivity contribution in [3.05, 3.63) is 0 Å². The molecule has 56 nitrogen and oxygen atoms in total. The standard InChI is InChI=1S/C72H128O56S16/c73-41-49(81)65-113-33(25-129-9-1-17-137(89,90)91)57(41)121-66-50(82)42(74)59(35(114-66)27-131-11-3-19-139(95,96)97)123-68-52(84)44(76)61(37(116-68)29-133-13-5-21-141(101,102)103)125-70-54(86)46(78)63(39(118-70)31-135-15-7-23-143(107,108)109)127-72-56(88)48(80)64(40(120-72)32-136-16-8-24-144(110,111)112)128-71-55(87)47(79)62(38(119-71)30-134-14-6-22-142(104,105)106)126-69-53(85)45(77)60(36(117-69)28-132-12-4-20-140(98,99)100)124-67-51(83)43(75)58(122-65)34(115-67)26-130-10-2-18-138(92,93)94/h33-88H,1-32H2,(H,89,90,91)(H,92,93,94)(H,95,96,97)(H,98,99,100)(H,101,102,103)(H,104,105,106)(H,107,108,109)(H,110,111,112)/t33-,34-,35-,36-,37-,38-,39-,40-,41-,42-,43-,44-,45-,46-,47-,48-,49-,50-,51-,52-,53-,54-,55-,56+,57-,58-,59-,60-,61-,62-,63-,64-,65-,66-,67-,68-,69-,70-,71-,72-/m0/s1. The van der Waals surface area contributed by atoms with Crippen LogP contribution in [0.5, 0.6) is 0 Å². The molecule has 72 heteroatoms. The highest BCUT2D eigenvalue weighted by molar-refractivity contribution is 8.01. The van der Waals surface area contributed by atoms with Crippen molar-refractivity contribution < 1.29 is 261 Å². The molecule has 30 aliphatic rings. The molecule has 144 heavy (non-hydrogen) atoms. The van der Waals surface area contributed by atoms with Gasteiger partial charge in [0.25, 0.3) is 80.9 Å². The van der Waals surface area contributed by atoms with E-state index in [0.717, 1.165) is 94.1 Å². The normalized spacial score (nSPS) is 39.4. The molecule has 0 spiro atoms. The van der Waals surface area contributed by atoms with E-state index < -0.39 is 419 Å². The average Bonchev–Trinajstić information content (AvgIpc) is 0.765. The summed E-state index contributed by atoms with van der Waals surface area (Å²) in [6, 6.07) is 0. The van der Waals surface area contributed by atoms with Crippen molar-refractivity contribution in [2.75, 3.05) is 138 Å². The van der Waals surface area contributed by atoms with Gasteiger partial charge in [0.2, 0.25) is 0 Å². The highest BCUT2D eigenvalue weighted by Crippen LogP contribution is 2.43. The zero-order valence-corrected chi connectivity index (χ0v) is 89.1. The summed E-state index contributed by atoms with van der Waals surface area (Å²) in [6.07, 6.45) is -88.6. The fourth-order valence-electron chi connectivity index (χ4n) is 16.1. The molecule has 40 atom stereocenters. The molecule has 0 aromatic rings. The molecule has 16 bridgehead atoms. The zero-order valence-electron chi connectivity index (χ0n) is 76.1. The SMILES string of the molecule is O=S(=O)(O)CCCSC[C@@H]1O[C@H]2O[C@@H]3[C@@H](O)[C@H](O)[C@H](O[C@@H]4[C@@H](O)[C@H](O)[C@H](O[C@@H]5[C@@H](O)[C@H](O)[C@H](O[C@@H]6[C@@H](O)[C@@H](O)[C@H](O[C@@H]7[C@@H](O)[C@H](O)[C@H](O[C@@H]8[C@@H](O)[C@H](O)[C@H](O[C@@H]9[C@@H](O)[C@H](O)[C@H](O[C@@H]1[C@@H](O)[C@@H]2O)O[C@H]9CSCCCS(=O)(=O)O)O[C@H]8CSCCCS(=O)(=O)O)O[C@H]7CSCCCS(=O)(=O)O)O[C@H]6CSCCCS(=O)(=O)O)O[C@H]5CSCCCS(=O)(=O)O)O[C@H]4CSCCCS(=O)(=O)O)O[C@H]3CSCCCS(=O)(=O)O. The Morgan fingerprint density at radius 1 is 0.146 bits per heavy atom. The van der Waals surface area contributed by atoms with E-state index >= 15 is 0 Å². The van der Waals surface area contributed by atoms with Gasteiger partial charge in [0.05, 0.1) is 94.9 Å². The third kappa shape index (κ3) is 40.9. The van der Waals surface area contributed by atoms with E-state index in [-0.39, 0.29) is 97.4 Å². The van der Waals surface area contributed by atoms with Gasteiger partial charge in [-0.15, -0.1) is 0 Å². The summed E-state index contributed by atoms with van der Waals surface area (Å²) < 4.78 is 368. The summed E-state index contributed by atoms with van der Waals surface area (Å²) in [5, 5.41) is 198. The van der Waals surface area contributed by atoms with Crippen LogP contribution in [0.1, 0.15) is 51.4 Å². The topological polar surface area (TPSA) is 906 Å². The monoisotopic (exact) mass is 2400 g/mol. The van der Waals surface area contributed by atoms with Crippen molar-refractivity contribution in [1.29, 1.82) is 0 Å². The van der Waals surface area contributed by atoms with E-state index in [0.29, 0.717) is 0 Å². The lowest BCUT2D eigenvalue weighted by atomic mass is 9.95. The Kier molecular flexibility index (Phi) is 51.7. The van der Waals surface area contributed by atoms with Gasteiger partial charge in [-0.05, 0) is 97.4 Å². The van der Waals surface area contributed by atoms with Gasteiger partial charge in [-0.25, -0.2) is 0 Å². The highest BCUT2D eigenvalue weighted by Gasteiger charge is 2.61. The highest BCUT2D eigenvalue weighted by atomic mass is 32.3. The molecule has 30 fully saturated rings. The first-order chi connectivity index (χ1) is 67.1. The minimum absolute atomic E-state index is 0.156. The second-order valence-electron chi connectivity index (χ2n) is 34.7. The second kappa shape index (κ2) is 58.0. The van der Waals surface area contributed by atoms with E-state index in [9.17, 15) is 185 Å². The van der Waals surface area contributed by atoms with Crippen LogP contribution in [0, 0.1) is 0 Å². The van der Waals surface area contributed by atoms with Gasteiger partial charge < -0.3 is 157 Å². The molecule has 24 N–H and O–H groups in total. The largest absolute Gasteiger partial charge is 0.387 e. The van der Waals surface area contributed by atoms with Crippen LogP contribution in [0.2, 0.25) is 0 Å². The van der Waals surface area contributed by atoms with E-state index in [4.69, 9.17) is 75.8 Å². The third-order valence-electron chi connectivity index (χ3n) is 23.2. The van der Waals surface area contributed by atoms with Gasteiger partial charge in [0, 0.05) is 46.0 Å². The number of hydrogen-bond donors (Lipinski definition) is 24. The van der Waals surface area contributed by atoms with Crippen LogP contribution in [0.3, 0.4) is 0 Å². The Morgan fingerprint density at radius 2 is 0.236 bits per heavy atom. The minimum atomic E-state index is -4.60. The molecule has 0 unspecified atom stereocenters. The summed E-state index contributed by atoms with van der Waals surface area (Å²) >= 11 is 6.77. The fourth-order valence-corrected chi connectivity index (χ4v) is 29.8. The van der Waals surface area contributed by atoms with Crippen molar-refractivity contribution in [3.8, 4) is 0 Å². The van der Waals surface area contributed by atoms with Gasteiger partial charge in [-0.3, -0.25) is 36.4 Å². The summed E-state index contributed by atoms with van der Waals surface area (Å²) in [6.45, 7) is 0. The van der Waals surface area contributed by atoms with Crippen LogP contribution in [0.25, 0.3) is 0 Å². The molecule has 0 radical (unpaired) electrons. The fraction of sp³-hybridized carbons (Fsp3) is 1.00. The molecule has 848 valence electrons. The van der Waals surface area contributed by atoms with Crippen molar-refractivity contribution in [2.24, 2.45) is 0 Å². The van der Waals surface area contributed by atoms with Crippen molar-refractivity contribution >= 4 is 175 Å². The lowest BCUT2D eigenvalue weighted by Gasteiger charge is -2.51. The Bertz CT molecular complexity index is 3960. The molecule has 0 saturated carbocycles. The minimum Gasteiger partial charge on any atom is -0.387 e. The predicted octanol–water partition coefficient (Wildman–Crippen LogP) is -9.26. The average molecular weight is 2400 g/mol. The number of hydrogen-bond acceptors (Lipinski definition) is 56. The van der Waals surface area contributed by atoms with Crippen molar-refractivity contribution in [3.63, 3.8) is 0 Å². The van der Waals surface area contributed by atoms with E-state index in [2.05, 4.69) is 0 Å². The number of thioether (sulfide) groups is 8. The predicted molar refractivity (Wildman–Crippen MR) is 511 cm³/mol. The molecule has 0 aliphatic carbocycles. The number of rotatable bonds is 48. The molecule has 30 heterocycles. The zero-order chi connectivity index (χ0) is 107. The summed E-state index contributed by atoms with van der Waals surface area (Å²) in [4.78, 5) is 0.